The number of benzene rings is 10. The summed E-state index contributed by atoms with van der Waals surface area (Å²) < 4.78 is 6.47. The number of hydrogen-bond acceptors (Lipinski definition) is 2. The Morgan fingerprint density at radius 2 is 0.683 bits per heavy atom. The molecule has 282 valence electrons. The summed E-state index contributed by atoms with van der Waals surface area (Å²) in [6.07, 6.45) is 0. The zero-order valence-electron chi connectivity index (χ0n) is 32.9. The van der Waals surface area contributed by atoms with Crippen LogP contribution in [-0.2, 0) is 0 Å². The Labute approximate surface area is 349 Å². The fourth-order valence-corrected chi connectivity index (χ4v) is 8.67. The molecule has 11 aromatic rings. The summed E-state index contributed by atoms with van der Waals surface area (Å²) in [5.74, 6) is 0. The van der Waals surface area contributed by atoms with Gasteiger partial charge in [0, 0.05) is 33.2 Å². The maximum atomic E-state index is 6.47. The maximum Gasteiger partial charge on any atom is 0.143 e. The summed E-state index contributed by atoms with van der Waals surface area (Å²) in [4.78, 5) is 2.37. The van der Waals surface area contributed by atoms with Crippen molar-refractivity contribution in [1.82, 2.24) is 0 Å². The molecule has 11 rings (SSSR count). The SMILES string of the molecule is c1ccc(-c2cccc(-c3ccc(N(c4ccc(-c5cccc(-c6ccccc6)c5)cc4)c4cccc(-c5cc6c7ccccc7oc6c6ccccc56)c4)cc3)c2)cc1. The van der Waals surface area contributed by atoms with Gasteiger partial charge in [-0.05, 0) is 122 Å². The molecule has 0 bridgehead atoms. The summed E-state index contributed by atoms with van der Waals surface area (Å²) in [5, 5.41) is 4.53. The van der Waals surface area contributed by atoms with Crippen LogP contribution in [0.1, 0.15) is 0 Å². The van der Waals surface area contributed by atoms with Crippen LogP contribution < -0.4 is 4.90 Å². The zero-order chi connectivity index (χ0) is 39.8. The second-order valence-electron chi connectivity index (χ2n) is 15.3. The highest BCUT2D eigenvalue weighted by molar-refractivity contribution is 6.19. The number of fused-ring (bicyclic) bond motifs is 5. The van der Waals surface area contributed by atoms with E-state index >= 15 is 0 Å². The van der Waals surface area contributed by atoms with Crippen LogP contribution in [0.4, 0.5) is 17.1 Å². The number of nitrogens with zero attached hydrogens (tertiary/aromatic N) is 1. The topological polar surface area (TPSA) is 16.4 Å². The van der Waals surface area contributed by atoms with Crippen molar-refractivity contribution < 1.29 is 4.42 Å². The Morgan fingerprint density at radius 1 is 0.250 bits per heavy atom. The van der Waals surface area contributed by atoms with Crippen LogP contribution in [0.5, 0.6) is 0 Å². The fraction of sp³-hybridized carbons (Fsp3) is 0. The molecule has 0 spiro atoms. The Hall–Kier alpha value is -7.94. The van der Waals surface area contributed by atoms with Gasteiger partial charge in [0.05, 0.1) is 0 Å². The van der Waals surface area contributed by atoms with Gasteiger partial charge in [-0.1, -0.05) is 176 Å². The Morgan fingerprint density at radius 3 is 1.25 bits per heavy atom. The first-order valence-electron chi connectivity index (χ1n) is 20.5. The minimum absolute atomic E-state index is 0.903. The van der Waals surface area contributed by atoms with Gasteiger partial charge in [-0.25, -0.2) is 0 Å². The number of rotatable bonds is 8. The van der Waals surface area contributed by atoms with E-state index in [1.54, 1.807) is 0 Å². The first-order chi connectivity index (χ1) is 29.7. The van der Waals surface area contributed by atoms with Crippen molar-refractivity contribution in [3.63, 3.8) is 0 Å². The van der Waals surface area contributed by atoms with Gasteiger partial charge in [-0.2, -0.15) is 0 Å². The van der Waals surface area contributed by atoms with Crippen LogP contribution in [0.2, 0.25) is 0 Å². The molecule has 1 aromatic heterocycles. The van der Waals surface area contributed by atoms with Crippen molar-refractivity contribution in [3.8, 4) is 55.6 Å². The van der Waals surface area contributed by atoms with Crippen molar-refractivity contribution in [3.05, 3.63) is 237 Å². The van der Waals surface area contributed by atoms with E-state index in [4.69, 9.17) is 4.42 Å². The lowest BCUT2D eigenvalue weighted by atomic mass is 9.95. The minimum atomic E-state index is 0.903. The van der Waals surface area contributed by atoms with Crippen molar-refractivity contribution >= 4 is 49.8 Å². The molecule has 0 radical (unpaired) electrons. The average Bonchev–Trinajstić information content (AvgIpc) is 3.72. The molecule has 2 nitrogen and oxygen atoms in total. The van der Waals surface area contributed by atoms with Crippen LogP contribution in [0.25, 0.3) is 88.3 Å². The second kappa shape index (κ2) is 15.1. The molecule has 0 amide bonds. The normalized spacial score (nSPS) is 11.3. The molecule has 0 saturated carbocycles. The molecule has 0 saturated heterocycles. The Balaban J connectivity index is 1.02. The van der Waals surface area contributed by atoms with Crippen LogP contribution in [0.15, 0.2) is 241 Å². The number of para-hydroxylation sites is 1. The standard InChI is InChI=1S/C58H39NO/c1-3-14-40(15-4-1)44-18-11-20-46(36-44)42-28-32-49(33-29-42)59(50-34-30-43(31-35-50)47-21-12-19-45(37-47)41-16-5-2-6-17-41)51-23-13-22-48(38-51)55-39-56-53-25-9-10-27-57(53)60-58(56)54-26-8-7-24-52(54)55/h1-39H. The molecule has 60 heavy (non-hydrogen) atoms. The van der Waals surface area contributed by atoms with Crippen molar-refractivity contribution in [2.24, 2.45) is 0 Å². The van der Waals surface area contributed by atoms with Gasteiger partial charge >= 0.3 is 0 Å². The third-order valence-electron chi connectivity index (χ3n) is 11.7. The second-order valence-corrected chi connectivity index (χ2v) is 15.3. The van der Waals surface area contributed by atoms with Crippen LogP contribution in [-0.4, -0.2) is 0 Å². The first kappa shape index (κ1) is 35.2. The largest absolute Gasteiger partial charge is 0.455 e. The van der Waals surface area contributed by atoms with E-state index in [0.717, 1.165) is 55.3 Å². The molecular formula is C58H39NO. The molecule has 0 aliphatic rings. The third-order valence-corrected chi connectivity index (χ3v) is 11.7. The smallest absolute Gasteiger partial charge is 0.143 e. The molecule has 0 fully saturated rings. The zero-order valence-corrected chi connectivity index (χ0v) is 32.9. The summed E-state index contributed by atoms with van der Waals surface area (Å²) in [6, 6.07) is 84.9. The van der Waals surface area contributed by atoms with Crippen molar-refractivity contribution in [1.29, 1.82) is 0 Å². The highest BCUT2D eigenvalue weighted by atomic mass is 16.3. The average molecular weight is 766 g/mol. The quantitative estimate of drug-likeness (QED) is 0.153. The highest BCUT2D eigenvalue weighted by Crippen LogP contribution is 2.43. The summed E-state index contributed by atoms with van der Waals surface area (Å²) in [5.41, 5.74) is 16.9. The van der Waals surface area contributed by atoms with Gasteiger partial charge < -0.3 is 9.32 Å². The molecule has 0 N–H and O–H groups in total. The van der Waals surface area contributed by atoms with Gasteiger partial charge in [0.15, 0.2) is 0 Å². The van der Waals surface area contributed by atoms with Gasteiger partial charge in [-0.15, -0.1) is 0 Å². The van der Waals surface area contributed by atoms with Crippen molar-refractivity contribution in [2.45, 2.75) is 0 Å². The number of hydrogen-bond donors (Lipinski definition) is 0. The van der Waals surface area contributed by atoms with Gasteiger partial charge in [0.25, 0.3) is 0 Å². The van der Waals surface area contributed by atoms with Crippen LogP contribution >= 0.6 is 0 Å². The predicted molar refractivity (Wildman–Crippen MR) is 253 cm³/mol. The molecule has 0 unspecified atom stereocenters. The lowest BCUT2D eigenvalue weighted by molar-refractivity contribution is 0.672. The predicted octanol–water partition coefficient (Wildman–Crippen LogP) is 16.5. The number of furan rings is 1. The van der Waals surface area contributed by atoms with Crippen LogP contribution in [0, 0.1) is 0 Å². The summed E-state index contributed by atoms with van der Waals surface area (Å²) in [7, 11) is 0. The van der Waals surface area contributed by atoms with E-state index in [2.05, 4.69) is 235 Å². The van der Waals surface area contributed by atoms with E-state index < -0.39 is 0 Å². The molecule has 10 aromatic carbocycles. The molecule has 2 heteroatoms. The van der Waals surface area contributed by atoms with E-state index in [-0.39, 0.29) is 0 Å². The van der Waals surface area contributed by atoms with E-state index in [1.165, 1.54) is 50.1 Å². The van der Waals surface area contributed by atoms with E-state index in [1.807, 2.05) is 6.07 Å². The van der Waals surface area contributed by atoms with E-state index in [9.17, 15) is 0 Å². The molecule has 1 heterocycles. The van der Waals surface area contributed by atoms with E-state index in [0.29, 0.717) is 0 Å². The van der Waals surface area contributed by atoms with Crippen LogP contribution in [0.3, 0.4) is 0 Å². The number of anilines is 3. The van der Waals surface area contributed by atoms with Gasteiger partial charge in [0.2, 0.25) is 0 Å². The third kappa shape index (κ3) is 6.51. The lowest BCUT2D eigenvalue weighted by Gasteiger charge is -2.26. The monoisotopic (exact) mass is 765 g/mol. The Kier molecular flexibility index (Phi) is 8.87. The molecule has 0 atom stereocenters. The highest BCUT2D eigenvalue weighted by Gasteiger charge is 2.18. The first-order valence-corrected chi connectivity index (χ1v) is 20.5. The fourth-order valence-electron chi connectivity index (χ4n) is 8.67. The minimum Gasteiger partial charge on any atom is -0.455 e. The summed E-state index contributed by atoms with van der Waals surface area (Å²) >= 11 is 0. The van der Waals surface area contributed by atoms with Crippen molar-refractivity contribution in [2.75, 3.05) is 4.90 Å². The molecular weight excluding hydrogens is 727 g/mol. The van der Waals surface area contributed by atoms with Gasteiger partial charge in [0.1, 0.15) is 11.2 Å². The molecule has 0 aliphatic carbocycles. The van der Waals surface area contributed by atoms with Gasteiger partial charge in [-0.3, -0.25) is 0 Å². The summed E-state index contributed by atoms with van der Waals surface area (Å²) in [6.45, 7) is 0. The Bertz CT molecular complexity index is 3160. The molecule has 0 aliphatic heterocycles. The maximum absolute atomic E-state index is 6.47. The lowest BCUT2D eigenvalue weighted by Crippen LogP contribution is -2.10.